The summed E-state index contributed by atoms with van der Waals surface area (Å²) in [6, 6.07) is 5.79. The topological polar surface area (TPSA) is 51.2 Å². The van der Waals surface area contributed by atoms with Crippen LogP contribution < -0.4 is 0 Å². The Kier molecular flexibility index (Phi) is 3.88. The number of benzene rings is 1. The molecule has 5 heteroatoms. The third-order valence-electron chi connectivity index (χ3n) is 1.92. The summed E-state index contributed by atoms with van der Waals surface area (Å²) in [6.45, 7) is 1.64. The first-order valence-corrected chi connectivity index (χ1v) is 6.49. The van der Waals surface area contributed by atoms with E-state index < -0.39 is 15.6 Å². The molecule has 1 aromatic carbocycles. The molecule has 0 aliphatic heterocycles. The van der Waals surface area contributed by atoms with Gasteiger partial charge in [-0.1, -0.05) is 18.5 Å². The van der Waals surface area contributed by atoms with E-state index in [9.17, 15) is 13.2 Å². The average molecular weight is 247 g/mol. The molecule has 0 aliphatic rings. The highest BCUT2D eigenvalue weighted by molar-refractivity contribution is 7.92. The second-order valence-corrected chi connectivity index (χ2v) is 5.53. The lowest BCUT2D eigenvalue weighted by Gasteiger charge is -2.02. The van der Waals surface area contributed by atoms with Gasteiger partial charge in [0, 0.05) is 11.4 Å². The Balaban J connectivity index is 2.96. The van der Waals surface area contributed by atoms with Crippen LogP contribution in [0.1, 0.15) is 13.3 Å². The minimum atomic E-state index is -3.50. The Hall–Kier alpha value is -0.870. The van der Waals surface area contributed by atoms with Crippen molar-refractivity contribution in [1.29, 1.82) is 0 Å². The van der Waals surface area contributed by atoms with Crippen molar-refractivity contribution in [1.82, 2.24) is 0 Å². The van der Waals surface area contributed by atoms with E-state index in [-0.39, 0.29) is 17.1 Å². The molecule has 0 N–H and O–H groups in total. The van der Waals surface area contributed by atoms with Crippen molar-refractivity contribution in [2.45, 2.75) is 18.2 Å². The monoisotopic (exact) mass is 246 g/mol. The van der Waals surface area contributed by atoms with E-state index in [0.717, 1.165) is 0 Å². The number of hydrogen-bond donors (Lipinski definition) is 0. The van der Waals surface area contributed by atoms with Gasteiger partial charge < -0.3 is 0 Å². The third-order valence-corrected chi connectivity index (χ3v) is 3.86. The molecule has 0 radical (unpaired) electrons. The van der Waals surface area contributed by atoms with Gasteiger partial charge in [0.2, 0.25) is 0 Å². The van der Waals surface area contributed by atoms with Gasteiger partial charge in [0.1, 0.15) is 11.5 Å². The van der Waals surface area contributed by atoms with E-state index in [0.29, 0.717) is 5.02 Å². The molecular weight excluding hydrogens is 236 g/mol. The first-order chi connectivity index (χ1) is 6.95. The van der Waals surface area contributed by atoms with Gasteiger partial charge in [0.15, 0.2) is 9.84 Å². The quantitative estimate of drug-likeness (QED) is 0.818. The molecule has 0 saturated carbocycles. The zero-order valence-electron chi connectivity index (χ0n) is 8.23. The maximum Gasteiger partial charge on any atom is 0.185 e. The molecule has 0 saturated heterocycles. The molecule has 0 amide bonds. The molecule has 0 bridgehead atoms. The summed E-state index contributed by atoms with van der Waals surface area (Å²) >= 11 is 5.63. The molecule has 0 atom stereocenters. The van der Waals surface area contributed by atoms with Gasteiger partial charge in [-0.2, -0.15) is 0 Å². The van der Waals surface area contributed by atoms with Gasteiger partial charge >= 0.3 is 0 Å². The van der Waals surface area contributed by atoms with E-state index >= 15 is 0 Å². The Labute approximate surface area is 94.0 Å². The molecule has 3 nitrogen and oxygen atoms in total. The molecular formula is C10H11ClO3S. The van der Waals surface area contributed by atoms with Crippen LogP contribution in [0, 0.1) is 0 Å². The molecule has 15 heavy (non-hydrogen) atoms. The Morgan fingerprint density at radius 1 is 1.27 bits per heavy atom. The lowest BCUT2D eigenvalue weighted by Crippen LogP contribution is -2.15. The summed E-state index contributed by atoms with van der Waals surface area (Å²) in [6.07, 6.45) is 0.229. The molecule has 82 valence electrons. The molecule has 0 heterocycles. The van der Waals surface area contributed by atoms with Crippen LogP contribution in [0.2, 0.25) is 5.02 Å². The van der Waals surface area contributed by atoms with E-state index in [1.807, 2.05) is 0 Å². The smallest absolute Gasteiger partial charge is 0.185 e. The SMILES string of the molecule is CCC(=O)CS(=O)(=O)c1ccc(Cl)cc1. The highest BCUT2D eigenvalue weighted by atomic mass is 35.5. The number of sulfone groups is 1. The summed E-state index contributed by atoms with van der Waals surface area (Å²) in [4.78, 5) is 11.2. The number of ketones is 1. The second kappa shape index (κ2) is 4.77. The van der Waals surface area contributed by atoms with E-state index in [4.69, 9.17) is 11.6 Å². The van der Waals surface area contributed by atoms with Crippen molar-refractivity contribution < 1.29 is 13.2 Å². The van der Waals surface area contributed by atoms with Crippen molar-refractivity contribution in [2.24, 2.45) is 0 Å². The van der Waals surface area contributed by atoms with Gasteiger partial charge in [0.05, 0.1) is 4.90 Å². The number of hydrogen-bond acceptors (Lipinski definition) is 3. The molecule has 1 aromatic rings. The van der Waals surface area contributed by atoms with Crippen molar-refractivity contribution in [2.75, 3.05) is 5.75 Å². The maximum absolute atomic E-state index is 11.6. The molecule has 0 aliphatic carbocycles. The number of Topliss-reactive ketones (excluding diaryl/α,β-unsaturated/α-hetero) is 1. The van der Waals surface area contributed by atoms with Crippen molar-refractivity contribution in [3.8, 4) is 0 Å². The number of carbonyl (C=O) groups excluding carboxylic acids is 1. The maximum atomic E-state index is 11.6. The first-order valence-electron chi connectivity index (χ1n) is 4.45. The molecule has 0 spiro atoms. The van der Waals surface area contributed by atoms with Gasteiger partial charge in [-0.05, 0) is 24.3 Å². The highest BCUT2D eigenvalue weighted by Gasteiger charge is 2.17. The van der Waals surface area contributed by atoms with E-state index in [2.05, 4.69) is 0 Å². The van der Waals surface area contributed by atoms with Gasteiger partial charge in [-0.15, -0.1) is 0 Å². The fraction of sp³-hybridized carbons (Fsp3) is 0.300. The van der Waals surface area contributed by atoms with Crippen LogP contribution >= 0.6 is 11.6 Å². The summed E-state index contributed by atoms with van der Waals surface area (Å²) in [7, 11) is -3.50. The van der Waals surface area contributed by atoms with Crippen LogP contribution in [0.25, 0.3) is 0 Å². The van der Waals surface area contributed by atoms with Gasteiger partial charge in [0.25, 0.3) is 0 Å². The first kappa shape index (κ1) is 12.2. The summed E-state index contributed by atoms with van der Waals surface area (Å²) in [5, 5.41) is 0.468. The molecule has 1 rings (SSSR count). The van der Waals surface area contributed by atoms with Crippen LogP contribution in [0.15, 0.2) is 29.2 Å². The lowest BCUT2D eigenvalue weighted by molar-refractivity contribution is -0.116. The second-order valence-electron chi connectivity index (χ2n) is 3.11. The minimum Gasteiger partial charge on any atom is -0.299 e. The number of carbonyl (C=O) groups is 1. The average Bonchev–Trinajstić information content (AvgIpc) is 2.17. The fourth-order valence-corrected chi connectivity index (χ4v) is 2.51. The normalized spacial score (nSPS) is 11.3. The lowest BCUT2D eigenvalue weighted by atomic mass is 10.4. The van der Waals surface area contributed by atoms with Crippen molar-refractivity contribution in [3.63, 3.8) is 0 Å². The summed E-state index contributed by atoms with van der Waals surface area (Å²) in [5.74, 6) is -0.726. The Morgan fingerprint density at radius 3 is 2.27 bits per heavy atom. The third kappa shape index (κ3) is 3.32. The van der Waals surface area contributed by atoms with E-state index in [1.165, 1.54) is 24.3 Å². The summed E-state index contributed by atoms with van der Waals surface area (Å²) < 4.78 is 23.3. The predicted octanol–water partition coefficient (Wildman–Crippen LogP) is 2.09. The predicted molar refractivity (Wildman–Crippen MR) is 58.8 cm³/mol. The molecule has 0 unspecified atom stereocenters. The largest absolute Gasteiger partial charge is 0.299 e. The van der Waals surface area contributed by atoms with Crippen LogP contribution in [0.4, 0.5) is 0 Å². The fourth-order valence-electron chi connectivity index (χ4n) is 1.04. The van der Waals surface area contributed by atoms with Crippen LogP contribution in [-0.4, -0.2) is 20.0 Å². The zero-order valence-corrected chi connectivity index (χ0v) is 9.81. The number of rotatable bonds is 4. The standard InChI is InChI=1S/C10H11ClO3S/c1-2-9(12)7-15(13,14)10-5-3-8(11)4-6-10/h3-6H,2,7H2,1H3. The zero-order chi connectivity index (χ0) is 11.5. The van der Waals surface area contributed by atoms with Crippen molar-refractivity contribution >= 4 is 27.2 Å². The number of halogens is 1. The van der Waals surface area contributed by atoms with Crippen molar-refractivity contribution in [3.05, 3.63) is 29.3 Å². The van der Waals surface area contributed by atoms with Gasteiger partial charge in [-0.3, -0.25) is 4.79 Å². The summed E-state index contributed by atoms with van der Waals surface area (Å²) in [5.41, 5.74) is 0. The van der Waals surface area contributed by atoms with Gasteiger partial charge in [-0.25, -0.2) is 8.42 Å². The minimum absolute atomic E-state index is 0.133. The van der Waals surface area contributed by atoms with E-state index in [1.54, 1.807) is 6.92 Å². The molecule has 0 aromatic heterocycles. The highest BCUT2D eigenvalue weighted by Crippen LogP contribution is 2.15. The van der Waals surface area contributed by atoms with Crippen LogP contribution in [0.5, 0.6) is 0 Å². The molecule has 0 fully saturated rings. The van der Waals surface area contributed by atoms with Crippen LogP contribution in [-0.2, 0) is 14.6 Å². The van der Waals surface area contributed by atoms with Crippen LogP contribution in [0.3, 0.4) is 0 Å². The Morgan fingerprint density at radius 2 is 1.80 bits per heavy atom. The Bertz CT molecular complexity index is 448.